The number of nitrogens with zero attached hydrogens (tertiary/aromatic N) is 1. The van der Waals surface area contributed by atoms with E-state index in [1.165, 1.54) is 18.4 Å². The van der Waals surface area contributed by atoms with Crippen LogP contribution < -0.4 is 0 Å². The van der Waals surface area contributed by atoms with Crippen molar-refractivity contribution in [2.45, 2.75) is 33.6 Å². The zero-order valence-electron chi connectivity index (χ0n) is 11.1. The fourth-order valence-corrected chi connectivity index (χ4v) is 3.14. The molecule has 2 unspecified atom stereocenters. The summed E-state index contributed by atoms with van der Waals surface area (Å²) in [5, 5.41) is 0. The molecule has 1 fully saturated rings. The summed E-state index contributed by atoms with van der Waals surface area (Å²) < 4.78 is 0. The molecule has 0 N–H and O–H groups in total. The Bertz CT molecular complexity index is 354. The molecule has 2 rings (SSSR count). The number of fused-ring (bicyclic) bond motifs is 1. The van der Waals surface area contributed by atoms with Gasteiger partial charge in [0.2, 0.25) is 6.41 Å². The predicted octanol–water partition coefficient (Wildman–Crippen LogP) is 3.01. The van der Waals surface area contributed by atoms with E-state index in [-0.39, 0.29) is 0 Å². The van der Waals surface area contributed by atoms with E-state index in [2.05, 4.69) is 32.9 Å². The maximum absolute atomic E-state index is 10.7. The van der Waals surface area contributed by atoms with Crippen LogP contribution in [0.4, 0.5) is 0 Å². The van der Waals surface area contributed by atoms with Gasteiger partial charge in [0.1, 0.15) is 0 Å². The van der Waals surface area contributed by atoms with E-state index in [1.54, 1.807) is 5.57 Å². The van der Waals surface area contributed by atoms with E-state index < -0.39 is 0 Å². The first-order valence-electron chi connectivity index (χ1n) is 6.69. The summed E-state index contributed by atoms with van der Waals surface area (Å²) in [5.41, 5.74) is 3.06. The average molecular weight is 233 g/mol. The minimum Gasteiger partial charge on any atom is -0.344 e. The van der Waals surface area contributed by atoms with Gasteiger partial charge in [-0.15, -0.1) is 0 Å². The molecular formula is C15H23NO. The highest BCUT2D eigenvalue weighted by Gasteiger charge is 2.36. The summed E-state index contributed by atoms with van der Waals surface area (Å²) in [6.07, 6.45) is 8.04. The molecule has 1 saturated heterocycles. The van der Waals surface area contributed by atoms with Crippen LogP contribution in [0.5, 0.6) is 0 Å². The second kappa shape index (κ2) is 5.07. The topological polar surface area (TPSA) is 20.3 Å². The van der Waals surface area contributed by atoms with Crippen LogP contribution >= 0.6 is 0 Å². The molecule has 0 radical (unpaired) electrons. The van der Waals surface area contributed by atoms with Gasteiger partial charge in [-0.2, -0.15) is 0 Å². The highest BCUT2D eigenvalue weighted by atomic mass is 16.1. The minimum absolute atomic E-state index is 0.609. The van der Waals surface area contributed by atoms with Crippen LogP contribution in [0.25, 0.3) is 0 Å². The summed E-state index contributed by atoms with van der Waals surface area (Å²) >= 11 is 0. The van der Waals surface area contributed by atoms with Crippen LogP contribution in [0.2, 0.25) is 0 Å². The number of rotatable bonds is 4. The Morgan fingerprint density at radius 1 is 1.53 bits per heavy atom. The third kappa shape index (κ3) is 2.62. The lowest BCUT2D eigenvalue weighted by atomic mass is 9.94. The predicted molar refractivity (Wildman–Crippen MR) is 70.5 cm³/mol. The Morgan fingerprint density at radius 2 is 2.29 bits per heavy atom. The van der Waals surface area contributed by atoms with E-state index >= 15 is 0 Å². The van der Waals surface area contributed by atoms with E-state index in [0.717, 1.165) is 19.5 Å². The van der Waals surface area contributed by atoms with Gasteiger partial charge in [0.05, 0.1) is 0 Å². The summed E-state index contributed by atoms with van der Waals surface area (Å²) in [5.74, 6) is 2.00. The Kier molecular flexibility index (Phi) is 3.70. The Hall–Kier alpha value is -1.05. The van der Waals surface area contributed by atoms with Crippen LogP contribution in [0.3, 0.4) is 0 Å². The monoisotopic (exact) mass is 233 g/mol. The first kappa shape index (κ1) is 12.4. The number of likely N-dealkylation sites (tertiary alicyclic amines) is 1. The summed E-state index contributed by atoms with van der Waals surface area (Å²) in [6, 6.07) is 0. The molecule has 2 atom stereocenters. The zero-order chi connectivity index (χ0) is 12.4. The lowest BCUT2D eigenvalue weighted by Gasteiger charge is -2.14. The molecule has 1 aliphatic carbocycles. The van der Waals surface area contributed by atoms with E-state index in [4.69, 9.17) is 0 Å². The maximum atomic E-state index is 10.7. The SMILES string of the molecule is CC=C(CC(C)C)C1=CC2CN(C=O)CC2C1. The van der Waals surface area contributed by atoms with Crippen molar-refractivity contribution < 1.29 is 4.79 Å². The number of carbonyl (C=O) groups is 1. The van der Waals surface area contributed by atoms with Crippen molar-refractivity contribution in [1.29, 1.82) is 0 Å². The van der Waals surface area contributed by atoms with Crippen molar-refractivity contribution >= 4 is 6.41 Å². The first-order chi connectivity index (χ1) is 8.13. The van der Waals surface area contributed by atoms with Crippen molar-refractivity contribution in [3.05, 3.63) is 23.3 Å². The molecule has 1 aliphatic heterocycles. The van der Waals surface area contributed by atoms with Crippen molar-refractivity contribution in [2.75, 3.05) is 13.1 Å². The fraction of sp³-hybridized carbons (Fsp3) is 0.667. The molecule has 2 nitrogen and oxygen atoms in total. The molecule has 0 spiro atoms. The zero-order valence-corrected chi connectivity index (χ0v) is 11.1. The standard InChI is InChI=1S/C15H23NO/c1-4-12(5-11(2)3)13-6-14-8-16(10-17)9-15(14)7-13/h4,6,10-11,14-15H,5,7-9H2,1-3H3. The molecule has 2 aliphatic rings. The van der Waals surface area contributed by atoms with Crippen LogP contribution in [-0.2, 0) is 4.79 Å². The highest BCUT2D eigenvalue weighted by molar-refractivity contribution is 5.49. The van der Waals surface area contributed by atoms with Gasteiger partial charge < -0.3 is 4.90 Å². The van der Waals surface area contributed by atoms with Crippen molar-refractivity contribution in [2.24, 2.45) is 17.8 Å². The number of allylic oxidation sites excluding steroid dienone is 3. The first-order valence-corrected chi connectivity index (χ1v) is 6.69. The van der Waals surface area contributed by atoms with Crippen molar-refractivity contribution in [1.82, 2.24) is 4.90 Å². The van der Waals surface area contributed by atoms with Gasteiger partial charge in [-0.1, -0.05) is 26.0 Å². The largest absolute Gasteiger partial charge is 0.344 e. The Balaban J connectivity index is 2.04. The minimum atomic E-state index is 0.609. The molecule has 0 aromatic carbocycles. The molecule has 94 valence electrons. The van der Waals surface area contributed by atoms with Gasteiger partial charge in [-0.3, -0.25) is 4.79 Å². The normalized spacial score (nSPS) is 28.6. The summed E-state index contributed by atoms with van der Waals surface area (Å²) in [7, 11) is 0. The lowest BCUT2D eigenvalue weighted by Crippen LogP contribution is -2.19. The Labute approximate surface area is 104 Å². The number of hydrogen-bond donors (Lipinski definition) is 0. The van der Waals surface area contributed by atoms with Crippen LogP contribution in [0, 0.1) is 17.8 Å². The molecule has 1 heterocycles. The van der Waals surface area contributed by atoms with Crippen LogP contribution in [-0.4, -0.2) is 24.4 Å². The van der Waals surface area contributed by atoms with Gasteiger partial charge in [0.15, 0.2) is 0 Å². The molecule has 0 bridgehead atoms. The van der Waals surface area contributed by atoms with Gasteiger partial charge in [0.25, 0.3) is 0 Å². The molecule has 0 saturated carbocycles. The fourth-order valence-electron chi connectivity index (χ4n) is 3.14. The number of hydrogen-bond acceptors (Lipinski definition) is 1. The van der Waals surface area contributed by atoms with Crippen LogP contribution in [0.1, 0.15) is 33.6 Å². The van der Waals surface area contributed by atoms with Crippen molar-refractivity contribution in [3.8, 4) is 0 Å². The van der Waals surface area contributed by atoms with Gasteiger partial charge in [-0.25, -0.2) is 0 Å². The molecule has 0 aromatic rings. The second-order valence-electron chi connectivity index (χ2n) is 5.79. The molecule has 17 heavy (non-hydrogen) atoms. The smallest absolute Gasteiger partial charge is 0.209 e. The third-order valence-corrected chi connectivity index (χ3v) is 3.96. The third-order valence-electron chi connectivity index (χ3n) is 3.96. The quantitative estimate of drug-likeness (QED) is 0.684. The number of carbonyl (C=O) groups excluding carboxylic acids is 1. The van der Waals surface area contributed by atoms with Gasteiger partial charge in [0, 0.05) is 13.1 Å². The summed E-state index contributed by atoms with van der Waals surface area (Å²) in [4.78, 5) is 12.7. The van der Waals surface area contributed by atoms with E-state index in [9.17, 15) is 4.79 Å². The average Bonchev–Trinajstić information content (AvgIpc) is 2.82. The molecule has 1 amide bonds. The molecular weight excluding hydrogens is 210 g/mol. The Morgan fingerprint density at radius 3 is 2.82 bits per heavy atom. The molecule has 2 heteroatoms. The van der Waals surface area contributed by atoms with Crippen molar-refractivity contribution in [3.63, 3.8) is 0 Å². The highest BCUT2D eigenvalue weighted by Crippen LogP contribution is 2.40. The molecule has 0 aromatic heterocycles. The van der Waals surface area contributed by atoms with E-state index in [0.29, 0.717) is 17.8 Å². The van der Waals surface area contributed by atoms with Gasteiger partial charge >= 0.3 is 0 Å². The maximum Gasteiger partial charge on any atom is 0.209 e. The summed E-state index contributed by atoms with van der Waals surface area (Å²) in [6.45, 7) is 8.56. The van der Waals surface area contributed by atoms with Crippen LogP contribution in [0.15, 0.2) is 23.3 Å². The van der Waals surface area contributed by atoms with E-state index in [1.807, 2.05) is 4.90 Å². The lowest BCUT2D eigenvalue weighted by molar-refractivity contribution is -0.117. The van der Waals surface area contributed by atoms with Gasteiger partial charge in [-0.05, 0) is 48.7 Å². The second-order valence-corrected chi connectivity index (χ2v) is 5.79. The number of amides is 1.